The maximum atomic E-state index is 12.0. The summed E-state index contributed by atoms with van der Waals surface area (Å²) in [7, 11) is 1.58. The predicted molar refractivity (Wildman–Crippen MR) is 110 cm³/mol. The molecule has 0 heterocycles. The molecule has 7 heteroatoms. The summed E-state index contributed by atoms with van der Waals surface area (Å²) in [6, 6.07) is 17.1. The van der Waals surface area contributed by atoms with E-state index in [1.165, 1.54) is 43.3 Å². The molecule has 0 bridgehead atoms. The number of ketones is 1. The third-order valence-electron chi connectivity index (χ3n) is 3.90. The molecule has 0 amide bonds. The van der Waals surface area contributed by atoms with Crippen LogP contribution in [0, 0.1) is 0 Å². The van der Waals surface area contributed by atoms with Gasteiger partial charge in [0.25, 0.3) is 0 Å². The van der Waals surface area contributed by atoms with Gasteiger partial charge in [-0.2, -0.15) is 0 Å². The fourth-order valence-corrected chi connectivity index (χ4v) is 2.46. The van der Waals surface area contributed by atoms with Crippen LogP contribution in [0.2, 0.25) is 0 Å². The zero-order valence-electron chi connectivity index (χ0n) is 16.5. The number of carbonyl (C=O) groups excluding carboxylic acids is 2. The number of methoxy groups -OCH3 is 1. The molecule has 0 aliphatic heterocycles. The number of ether oxygens (including phenoxy) is 2. The second kappa shape index (κ2) is 10.5. The molecule has 0 unspecified atom stereocenters. The second-order valence-electron chi connectivity index (χ2n) is 6.24. The van der Waals surface area contributed by atoms with E-state index in [-0.39, 0.29) is 41.0 Å². The molecule has 0 aromatic heterocycles. The number of rotatable bonds is 5. The summed E-state index contributed by atoms with van der Waals surface area (Å²) in [5.41, 5.74) is 1.03. The van der Waals surface area contributed by atoms with Crippen LogP contribution in [0.1, 0.15) is 22.8 Å². The lowest BCUT2D eigenvalue weighted by molar-refractivity contribution is -0.131. The van der Waals surface area contributed by atoms with E-state index in [1.54, 1.807) is 31.4 Å². The van der Waals surface area contributed by atoms with Gasteiger partial charge in [0.15, 0.2) is 5.78 Å². The van der Waals surface area contributed by atoms with E-state index in [1.807, 2.05) is 0 Å². The van der Waals surface area contributed by atoms with E-state index in [2.05, 4.69) is 0 Å². The first-order valence-corrected chi connectivity index (χ1v) is 8.94. The molecule has 0 spiro atoms. The number of carbonyl (C=O) groups is 2. The Morgan fingerprint density at radius 3 is 1.90 bits per heavy atom. The summed E-state index contributed by atoms with van der Waals surface area (Å²) < 4.78 is 9.76. The van der Waals surface area contributed by atoms with Crippen molar-refractivity contribution in [3.8, 4) is 28.7 Å². The molecule has 0 fully saturated rings. The topological polar surface area (TPSA) is 113 Å². The zero-order chi connectivity index (χ0) is 22.1. The van der Waals surface area contributed by atoms with E-state index < -0.39 is 0 Å². The van der Waals surface area contributed by atoms with Gasteiger partial charge in [0, 0.05) is 19.4 Å². The van der Waals surface area contributed by atoms with Crippen LogP contribution >= 0.6 is 0 Å². The summed E-state index contributed by atoms with van der Waals surface area (Å²) in [6.07, 6.45) is 0.183. The Labute approximate surface area is 173 Å². The highest BCUT2D eigenvalue weighted by molar-refractivity contribution is 6.00. The lowest BCUT2D eigenvalue weighted by Crippen LogP contribution is -2.03. The molecule has 0 radical (unpaired) electrons. The Hall–Kier alpha value is -4.00. The Kier molecular flexibility index (Phi) is 7.82. The number of hydrogen-bond donors (Lipinski definition) is 3. The highest BCUT2D eigenvalue weighted by Gasteiger charge is 2.12. The number of phenolic OH excluding ortho intramolecular Hbond substituents is 3. The van der Waals surface area contributed by atoms with Crippen molar-refractivity contribution >= 4 is 11.8 Å². The molecule has 3 aromatic carbocycles. The molecular weight excluding hydrogens is 388 g/mol. The van der Waals surface area contributed by atoms with Gasteiger partial charge in [-0.3, -0.25) is 9.59 Å². The monoisotopic (exact) mass is 410 g/mol. The molecule has 0 aliphatic rings. The lowest BCUT2D eigenvalue weighted by Gasteiger charge is -2.05. The fourth-order valence-electron chi connectivity index (χ4n) is 2.46. The molecule has 3 aromatic rings. The van der Waals surface area contributed by atoms with Crippen LogP contribution in [0.25, 0.3) is 0 Å². The minimum absolute atomic E-state index is 0.0708. The van der Waals surface area contributed by atoms with Crippen molar-refractivity contribution in [2.75, 3.05) is 7.11 Å². The molecular formula is C23H22O7. The Bertz CT molecular complexity index is 993. The van der Waals surface area contributed by atoms with Gasteiger partial charge in [0.05, 0.1) is 12.7 Å². The summed E-state index contributed by atoms with van der Waals surface area (Å²) >= 11 is 0. The van der Waals surface area contributed by atoms with Gasteiger partial charge in [-0.05, 0) is 54.1 Å². The average molecular weight is 410 g/mol. The minimum Gasteiger partial charge on any atom is -0.508 e. The van der Waals surface area contributed by atoms with Crippen LogP contribution in [0.3, 0.4) is 0 Å². The zero-order valence-corrected chi connectivity index (χ0v) is 16.5. The highest BCUT2D eigenvalue weighted by atomic mass is 16.5. The van der Waals surface area contributed by atoms with Crippen LogP contribution < -0.4 is 9.47 Å². The Morgan fingerprint density at radius 2 is 1.37 bits per heavy atom. The minimum atomic E-state index is -0.365. The van der Waals surface area contributed by atoms with Gasteiger partial charge in [0.2, 0.25) is 0 Å². The molecule has 0 atom stereocenters. The number of esters is 1. The molecule has 3 rings (SSSR count). The predicted octanol–water partition coefficient (Wildman–Crippen LogP) is 3.85. The summed E-state index contributed by atoms with van der Waals surface area (Å²) in [5, 5.41) is 27.7. The highest BCUT2D eigenvalue weighted by Crippen LogP contribution is 2.24. The van der Waals surface area contributed by atoms with Crippen molar-refractivity contribution in [3.63, 3.8) is 0 Å². The molecule has 0 aliphatic carbocycles. The maximum Gasteiger partial charge on any atom is 0.308 e. The Balaban J connectivity index is 0.000000248. The van der Waals surface area contributed by atoms with Gasteiger partial charge < -0.3 is 24.8 Å². The normalized spacial score (nSPS) is 9.80. The van der Waals surface area contributed by atoms with Crippen LogP contribution in [0.5, 0.6) is 28.7 Å². The van der Waals surface area contributed by atoms with Gasteiger partial charge in [0.1, 0.15) is 28.7 Å². The van der Waals surface area contributed by atoms with E-state index in [0.29, 0.717) is 5.75 Å². The first kappa shape index (κ1) is 22.3. The fraction of sp³-hybridized carbons (Fsp3) is 0.130. The van der Waals surface area contributed by atoms with Crippen LogP contribution in [-0.4, -0.2) is 34.2 Å². The second-order valence-corrected chi connectivity index (χ2v) is 6.24. The number of Topliss-reactive ketones (excluding diaryl/α,β-unsaturated/α-hetero) is 1. The molecule has 3 N–H and O–H groups in total. The first-order chi connectivity index (χ1) is 14.3. The molecule has 30 heavy (non-hydrogen) atoms. The van der Waals surface area contributed by atoms with E-state index in [9.17, 15) is 19.8 Å². The SMILES string of the molecule is CC(=O)Oc1ccc(O)cc1.COc1ccc(CC(=O)c2ccc(O)cc2O)cc1. The first-order valence-electron chi connectivity index (χ1n) is 8.94. The van der Waals surface area contributed by atoms with E-state index >= 15 is 0 Å². The van der Waals surface area contributed by atoms with Gasteiger partial charge >= 0.3 is 5.97 Å². The third-order valence-corrected chi connectivity index (χ3v) is 3.90. The van der Waals surface area contributed by atoms with Crippen molar-refractivity contribution in [1.29, 1.82) is 0 Å². The average Bonchev–Trinajstić information content (AvgIpc) is 2.70. The number of phenols is 3. The lowest BCUT2D eigenvalue weighted by atomic mass is 10.0. The van der Waals surface area contributed by atoms with Gasteiger partial charge in [-0.1, -0.05) is 12.1 Å². The quantitative estimate of drug-likeness (QED) is 0.333. The van der Waals surface area contributed by atoms with Crippen LogP contribution in [0.4, 0.5) is 0 Å². The van der Waals surface area contributed by atoms with Crippen molar-refractivity contribution in [3.05, 3.63) is 77.9 Å². The summed E-state index contributed by atoms with van der Waals surface area (Å²) in [6.45, 7) is 1.33. The van der Waals surface area contributed by atoms with Crippen LogP contribution in [-0.2, 0) is 11.2 Å². The Morgan fingerprint density at radius 1 is 0.800 bits per heavy atom. The van der Waals surface area contributed by atoms with Crippen LogP contribution in [0.15, 0.2) is 66.7 Å². The van der Waals surface area contributed by atoms with Crippen molar-refractivity contribution in [2.45, 2.75) is 13.3 Å². The third kappa shape index (κ3) is 6.87. The smallest absolute Gasteiger partial charge is 0.308 e. The van der Waals surface area contributed by atoms with E-state index in [0.717, 1.165) is 17.4 Å². The van der Waals surface area contributed by atoms with E-state index in [4.69, 9.17) is 14.6 Å². The van der Waals surface area contributed by atoms with Crippen molar-refractivity contribution in [2.24, 2.45) is 0 Å². The number of aromatic hydroxyl groups is 3. The van der Waals surface area contributed by atoms with Crippen molar-refractivity contribution in [1.82, 2.24) is 0 Å². The number of benzene rings is 3. The van der Waals surface area contributed by atoms with Crippen molar-refractivity contribution < 1.29 is 34.4 Å². The maximum absolute atomic E-state index is 12.0. The summed E-state index contributed by atoms with van der Waals surface area (Å²) in [5.74, 6) is 0.468. The van der Waals surface area contributed by atoms with Gasteiger partial charge in [-0.25, -0.2) is 0 Å². The molecule has 0 saturated carbocycles. The largest absolute Gasteiger partial charge is 0.508 e. The van der Waals surface area contributed by atoms with Gasteiger partial charge in [-0.15, -0.1) is 0 Å². The number of hydrogen-bond acceptors (Lipinski definition) is 7. The molecule has 7 nitrogen and oxygen atoms in total. The molecule has 156 valence electrons. The standard InChI is InChI=1S/C15H14O4.C8H8O3/c1-19-12-5-2-10(3-6-12)8-14(17)13-7-4-11(16)9-15(13)18;1-6(9)11-8-4-2-7(10)3-5-8/h2-7,9,16,18H,8H2,1H3;2-5,10H,1H3. The summed E-state index contributed by atoms with van der Waals surface area (Å²) in [4.78, 5) is 22.4. The molecule has 0 saturated heterocycles.